The van der Waals surface area contributed by atoms with Gasteiger partial charge >= 0.3 is 24.1 Å². The minimum atomic E-state index is -1.68. The molecule has 12 heteroatoms. The van der Waals surface area contributed by atoms with Crippen LogP contribution < -0.4 is 9.47 Å². The molecule has 47 heavy (non-hydrogen) atoms. The molecule has 1 N–H and O–H groups in total. The van der Waals surface area contributed by atoms with Crippen LogP contribution in [0.3, 0.4) is 0 Å². The van der Waals surface area contributed by atoms with Crippen molar-refractivity contribution in [1.82, 2.24) is 0 Å². The molecule has 7 atom stereocenters. The van der Waals surface area contributed by atoms with Gasteiger partial charge in [0.25, 0.3) is 0 Å². The van der Waals surface area contributed by atoms with Crippen LogP contribution in [0.25, 0.3) is 0 Å². The van der Waals surface area contributed by atoms with E-state index >= 15 is 0 Å². The van der Waals surface area contributed by atoms with Crippen LogP contribution in [0, 0.1) is 17.8 Å². The van der Waals surface area contributed by atoms with Crippen LogP contribution in [0.4, 0.5) is 4.79 Å². The number of hydrogen-bond donors (Lipinski definition) is 1. The van der Waals surface area contributed by atoms with Crippen LogP contribution in [-0.4, -0.2) is 72.4 Å². The summed E-state index contributed by atoms with van der Waals surface area (Å²) in [6.45, 7) is 12.0. The number of aliphatic hydroxyl groups is 1. The van der Waals surface area contributed by atoms with Gasteiger partial charge in [0.05, 0.1) is 31.2 Å². The number of esters is 3. The normalized spacial score (nSPS) is 28.1. The number of rotatable bonds is 10. The van der Waals surface area contributed by atoms with E-state index in [1.54, 1.807) is 34.0 Å². The van der Waals surface area contributed by atoms with Gasteiger partial charge < -0.3 is 38.3 Å². The number of benzene rings is 1. The van der Waals surface area contributed by atoms with Crippen molar-refractivity contribution in [2.75, 3.05) is 13.7 Å². The zero-order valence-electron chi connectivity index (χ0n) is 28.4. The van der Waals surface area contributed by atoms with E-state index in [1.807, 2.05) is 26.0 Å². The highest BCUT2D eigenvalue weighted by Gasteiger charge is 2.72. The molecule has 12 nitrogen and oxygen atoms in total. The molecule has 258 valence electrons. The minimum absolute atomic E-state index is 0.0212. The number of carbonyl (C=O) groups is 4. The lowest BCUT2D eigenvalue weighted by atomic mass is 9.45. The first kappa shape index (κ1) is 34.5. The van der Waals surface area contributed by atoms with Crippen LogP contribution in [0.15, 0.2) is 24.0 Å². The molecule has 1 spiro atoms. The smallest absolute Gasteiger partial charge is 0.493 e. The highest BCUT2D eigenvalue weighted by molar-refractivity contribution is 5.86. The van der Waals surface area contributed by atoms with Gasteiger partial charge in [0.2, 0.25) is 6.10 Å². The van der Waals surface area contributed by atoms with Gasteiger partial charge in [-0.2, -0.15) is 0 Å². The first-order chi connectivity index (χ1) is 22.0. The summed E-state index contributed by atoms with van der Waals surface area (Å²) in [6, 6.07) is 3.88. The van der Waals surface area contributed by atoms with E-state index in [0.29, 0.717) is 24.3 Å². The highest BCUT2D eigenvalue weighted by atomic mass is 16.7. The third-order valence-electron chi connectivity index (χ3n) is 9.60. The molecule has 1 fully saturated rings. The molecule has 3 aliphatic carbocycles. The molecule has 0 saturated heterocycles. The maximum Gasteiger partial charge on any atom is 0.509 e. The Morgan fingerprint density at radius 3 is 2.47 bits per heavy atom. The summed E-state index contributed by atoms with van der Waals surface area (Å²) in [6.07, 6.45) is -1.61. The van der Waals surface area contributed by atoms with Gasteiger partial charge in [-0.15, -0.1) is 0 Å². The fraction of sp³-hybridized carbons (Fsp3) is 0.657. The second-order valence-electron chi connectivity index (χ2n) is 14.5. The lowest BCUT2D eigenvalue weighted by molar-refractivity contribution is -0.179. The Balaban J connectivity index is 1.36. The van der Waals surface area contributed by atoms with Crippen molar-refractivity contribution < 1.29 is 57.4 Å². The summed E-state index contributed by atoms with van der Waals surface area (Å²) in [7, 11) is 1.55. The molecule has 1 aliphatic heterocycles. The van der Waals surface area contributed by atoms with Gasteiger partial charge in [-0.25, -0.2) is 14.4 Å². The maximum absolute atomic E-state index is 13.5. The van der Waals surface area contributed by atoms with Crippen LogP contribution in [0.1, 0.15) is 85.3 Å². The van der Waals surface area contributed by atoms with Crippen LogP contribution in [0.5, 0.6) is 11.5 Å². The van der Waals surface area contributed by atoms with Crippen molar-refractivity contribution in [3.8, 4) is 11.5 Å². The van der Waals surface area contributed by atoms with Gasteiger partial charge in [0.15, 0.2) is 23.7 Å². The minimum Gasteiger partial charge on any atom is -0.493 e. The molecule has 1 saturated carbocycles. The Hall–Kier alpha value is -3.80. The largest absolute Gasteiger partial charge is 0.509 e. The Morgan fingerprint density at radius 2 is 1.81 bits per heavy atom. The topological polar surface area (TPSA) is 153 Å². The molecule has 0 radical (unpaired) electrons. The molecule has 5 rings (SSSR count). The van der Waals surface area contributed by atoms with Crippen molar-refractivity contribution in [3.05, 3.63) is 35.1 Å². The fourth-order valence-electron chi connectivity index (χ4n) is 7.51. The fourth-order valence-corrected chi connectivity index (χ4v) is 7.51. The van der Waals surface area contributed by atoms with E-state index in [-0.39, 0.29) is 36.5 Å². The number of carbonyl (C=O) groups excluding carboxylic acids is 4. The molecule has 1 unspecified atom stereocenters. The zero-order chi connectivity index (χ0) is 34.5. The Morgan fingerprint density at radius 1 is 1.09 bits per heavy atom. The maximum atomic E-state index is 13.5. The second kappa shape index (κ2) is 12.7. The lowest BCUT2D eigenvalue weighted by Gasteiger charge is -2.61. The van der Waals surface area contributed by atoms with E-state index in [1.165, 1.54) is 6.92 Å². The second-order valence-corrected chi connectivity index (χ2v) is 14.5. The summed E-state index contributed by atoms with van der Waals surface area (Å²) in [4.78, 5) is 51.5. The quantitative estimate of drug-likeness (QED) is 0.274. The summed E-state index contributed by atoms with van der Waals surface area (Å²) in [5.74, 6) is -1.40. The third-order valence-corrected chi connectivity index (χ3v) is 9.60. The lowest BCUT2D eigenvalue weighted by Crippen LogP contribution is -2.69. The average molecular weight is 659 g/mol. The predicted molar refractivity (Wildman–Crippen MR) is 165 cm³/mol. The van der Waals surface area contributed by atoms with Crippen molar-refractivity contribution in [3.63, 3.8) is 0 Å². The summed E-state index contributed by atoms with van der Waals surface area (Å²) < 4.78 is 38.8. The molecule has 0 amide bonds. The number of methoxy groups -OCH3 is 1. The average Bonchev–Trinajstić information content (AvgIpc) is 3.33. The van der Waals surface area contributed by atoms with Crippen molar-refractivity contribution in [2.24, 2.45) is 17.8 Å². The SMILES string of the molecule is COc1ccc2c3c1O[C@H]1C(OC(=O)C[C@H](OC(=O)[C@H](C)OC(=O)OC(C)(C)C)C(=O)OCC(C)C)=CC[C@@]4(O)[C@@H](C2)C(C)CC[C@]314. The monoisotopic (exact) mass is 658 g/mol. The molecular weight excluding hydrogens is 612 g/mol. The predicted octanol–water partition coefficient (Wildman–Crippen LogP) is 4.70. The Kier molecular flexibility index (Phi) is 9.31. The molecule has 4 aliphatic rings. The summed E-state index contributed by atoms with van der Waals surface area (Å²) in [5.41, 5.74) is -0.860. The first-order valence-corrected chi connectivity index (χ1v) is 16.3. The third kappa shape index (κ3) is 6.28. The summed E-state index contributed by atoms with van der Waals surface area (Å²) >= 11 is 0. The molecule has 1 aromatic carbocycles. The Bertz CT molecular complexity index is 1460. The van der Waals surface area contributed by atoms with Gasteiger partial charge in [-0.05, 0) is 88.8 Å². The molecule has 1 aromatic rings. The van der Waals surface area contributed by atoms with E-state index in [2.05, 4.69) is 6.92 Å². The van der Waals surface area contributed by atoms with E-state index in [0.717, 1.165) is 17.5 Å². The van der Waals surface area contributed by atoms with Crippen LogP contribution in [0.2, 0.25) is 0 Å². The first-order valence-electron chi connectivity index (χ1n) is 16.3. The van der Waals surface area contributed by atoms with E-state index < -0.39 is 65.4 Å². The van der Waals surface area contributed by atoms with Crippen LogP contribution in [-0.2, 0) is 49.9 Å². The van der Waals surface area contributed by atoms with Crippen molar-refractivity contribution in [1.29, 1.82) is 0 Å². The zero-order valence-corrected chi connectivity index (χ0v) is 28.4. The summed E-state index contributed by atoms with van der Waals surface area (Å²) in [5, 5.41) is 12.4. The van der Waals surface area contributed by atoms with Crippen LogP contribution >= 0.6 is 0 Å². The molecular formula is C35H46O12. The molecule has 0 aromatic heterocycles. The highest BCUT2D eigenvalue weighted by Crippen LogP contribution is 2.68. The number of hydrogen-bond acceptors (Lipinski definition) is 12. The van der Waals surface area contributed by atoms with Gasteiger partial charge in [0, 0.05) is 5.56 Å². The standard InChI is InChI=1S/C35H46O12/c1-18(2)17-42-31(38)25(45-30(37)20(4)43-32(39)47-33(5,6)7)16-26(36)44-24-12-14-35(40)22-15-21-9-10-23(41-8)28-27(21)34(35,29(24)46-28)13-11-19(22)3/h9-10,12,18-20,22,25,29,40H,11,13-17H2,1-8H3/t19?,20-,22-,25-,29-,34-,35+/m0/s1. The van der Waals surface area contributed by atoms with Crippen molar-refractivity contribution in [2.45, 2.75) is 115 Å². The van der Waals surface area contributed by atoms with Crippen molar-refractivity contribution >= 4 is 24.1 Å². The molecule has 2 bridgehead atoms. The van der Waals surface area contributed by atoms with Gasteiger partial charge in [-0.1, -0.05) is 26.8 Å². The van der Waals surface area contributed by atoms with E-state index in [9.17, 15) is 24.3 Å². The van der Waals surface area contributed by atoms with E-state index in [4.69, 9.17) is 33.2 Å². The van der Waals surface area contributed by atoms with Gasteiger partial charge in [0.1, 0.15) is 11.4 Å². The number of ether oxygens (including phenoxy) is 7. The Labute approximate surface area is 275 Å². The van der Waals surface area contributed by atoms with Gasteiger partial charge in [-0.3, -0.25) is 4.79 Å². The molecule has 1 heterocycles.